The van der Waals surface area contributed by atoms with Crippen LogP contribution in [-0.4, -0.2) is 53.2 Å². The van der Waals surface area contributed by atoms with E-state index in [1.54, 1.807) is 38.1 Å². The Morgan fingerprint density at radius 1 is 0.979 bits per heavy atom. The number of nitrogens with zero attached hydrogens (tertiary/aromatic N) is 2. The van der Waals surface area contributed by atoms with Crippen molar-refractivity contribution in [2.45, 2.75) is 70.9 Å². The molecule has 1 saturated carbocycles. The van der Waals surface area contributed by atoms with Crippen LogP contribution in [0, 0.1) is 0 Å². The number of aliphatic carboxylic acids is 1. The zero-order valence-electron chi connectivity index (χ0n) is 28.1. The third-order valence-corrected chi connectivity index (χ3v) is 9.57. The van der Waals surface area contributed by atoms with Gasteiger partial charge in [-0.1, -0.05) is 37.5 Å². The van der Waals surface area contributed by atoms with E-state index in [9.17, 15) is 14.4 Å². The van der Waals surface area contributed by atoms with Gasteiger partial charge in [0.2, 0.25) is 5.91 Å². The second-order valence-electron chi connectivity index (χ2n) is 13.3. The quantitative estimate of drug-likeness (QED) is 0.163. The highest BCUT2D eigenvalue weighted by atomic mass is 16.5. The van der Waals surface area contributed by atoms with Crippen molar-refractivity contribution in [1.29, 1.82) is 0 Å². The lowest BCUT2D eigenvalue weighted by Crippen LogP contribution is -2.52. The van der Waals surface area contributed by atoms with E-state index >= 15 is 0 Å². The Balaban J connectivity index is 1.31. The monoisotopic (exact) mass is 648 g/mol. The lowest BCUT2D eigenvalue weighted by Gasteiger charge is -2.25. The summed E-state index contributed by atoms with van der Waals surface area (Å²) in [6.45, 7) is 7.55. The SMILES string of the molecule is CCOc1ccc2c(c1)N(C)CCn1c-2c(C2CCCCC2)c2ccc(C(=O)NC(C)(C)C(=O)Nc3ccc(/C=C/C(=O)O)cc3)cc21. The van der Waals surface area contributed by atoms with Crippen LogP contribution in [0.4, 0.5) is 11.4 Å². The summed E-state index contributed by atoms with van der Waals surface area (Å²) in [5.41, 5.74) is 6.51. The number of nitrogens with one attached hydrogen (secondary N) is 2. The van der Waals surface area contributed by atoms with Crippen LogP contribution in [0.2, 0.25) is 0 Å². The molecular formula is C39H44N4O5. The van der Waals surface area contributed by atoms with Crippen LogP contribution >= 0.6 is 0 Å². The molecule has 2 amide bonds. The van der Waals surface area contributed by atoms with E-state index in [0.717, 1.165) is 49.0 Å². The van der Waals surface area contributed by atoms with E-state index in [-0.39, 0.29) is 11.8 Å². The number of anilines is 2. The zero-order chi connectivity index (χ0) is 34.0. The van der Waals surface area contributed by atoms with Crippen molar-refractivity contribution in [2.24, 2.45) is 0 Å². The lowest BCUT2D eigenvalue weighted by atomic mass is 9.81. The average Bonchev–Trinajstić information content (AvgIpc) is 3.32. The number of hydrogen-bond acceptors (Lipinski definition) is 5. The number of carbonyl (C=O) groups excluding carboxylic acids is 2. The Kier molecular flexibility index (Phi) is 9.31. The minimum atomic E-state index is -1.21. The Bertz CT molecular complexity index is 1880. The number of benzene rings is 3. The number of fused-ring (bicyclic) bond motifs is 5. The van der Waals surface area contributed by atoms with Crippen LogP contribution in [0.1, 0.15) is 80.3 Å². The molecule has 0 spiro atoms. The molecule has 9 heteroatoms. The van der Waals surface area contributed by atoms with Gasteiger partial charge in [0.05, 0.1) is 12.3 Å². The Labute approximate surface area is 281 Å². The molecule has 0 saturated heterocycles. The van der Waals surface area contributed by atoms with Gasteiger partial charge in [0.1, 0.15) is 11.3 Å². The molecule has 0 atom stereocenters. The Morgan fingerprint density at radius 3 is 2.44 bits per heavy atom. The summed E-state index contributed by atoms with van der Waals surface area (Å²) in [5.74, 6) is -0.413. The number of amides is 2. The van der Waals surface area contributed by atoms with Crippen LogP contribution in [0.3, 0.4) is 0 Å². The van der Waals surface area contributed by atoms with Gasteiger partial charge in [0.25, 0.3) is 5.91 Å². The van der Waals surface area contributed by atoms with Gasteiger partial charge in [-0.05, 0) is 93.1 Å². The molecule has 250 valence electrons. The van der Waals surface area contributed by atoms with Gasteiger partial charge in [-0.2, -0.15) is 0 Å². The molecule has 6 rings (SSSR count). The molecule has 3 N–H and O–H groups in total. The van der Waals surface area contributed by atoms with E-state index in [1.165, 1.54) is 47.5 Å². The van der Waals surface area contributed by atoms with Crippen LogP contribution < -0.4 is 20.3 Å². The van der Waals surface area contributed by atoms with Crippen molar-refractivity contribution >= 4 is 46.1 Å². The molecule has 2 aliphatic rings. The van der Waals surface area contributed by atoms with Gasteiger partial charge in [0.15, 0.2) is 0 Å². The third kappa shape index (κ3) is 6.68. The first-order valence-corrected chi connectivity index (χ1v) is 16.8. The zero-order valence-corrected chi connectivity index (χ0v) is 28.1. The van der Waals surface area contributed by atoms with Crippen molar-refractivity contribution in [2.75, 3.05) is 30.4 Å². The summed E-state index contributed by atoms with van der Waals surface area (Å²) >= 11 is 0. The van der Waals surface area contributed by atoms with Crippen molar-refractivity contribution in [3.63, 3.8) is 0 Å². The molecule has 1 aliphatic heterocycles. The number of aromatic nitrogens is 1. The fourth-order valence-corrected chi connectivity index (χ4v) is 7.04. The van der Waals surface area contributed by atoms with E-state index in [0.29, 0.717) is 29.3 Å². The van der Waals surface area contributed by atoms with Gasteiger partial charge in [-0.25, -0.2) is 4.79 Å². The highest BCUT2D eigenvalue weighted by Crippen LogP contribution is 2.48. The van der Waals surface area contributed by atoms with E-state index < -0.39 is 11.5 Å². The predicted octanol–water partition coefficient (Wildman–Crippen LogP) is 7.45. The van der Waals surface area contributed by atoms with Gasteiger partial charge in [-0.15, -0.1) is 0 Å². The van der Waals surface area contributed by atoms with Crippen molar-refractivity contribution < 1.29 is 24.2 Å². The maximum Gasteiger partial charge on any atom is 0.328 e. The topological polar surface area (TPSA) is 113 Å². The fourth-order valence-electron chi connectivity index (χ4n) is 7.04. The second kappa shape index (κ2) is 13.6. The smallest absolute Gasteiger partial charge is 0.328 e. The molecule has 0 bridgehead atoms. The van der Waals surface area contributed by atoms with Gasteiger partial charge in [0, 0.05) is 65.7 Å². The Morgan fingerprint density at radius 2 is 1.73 bits per heavy atom. The van der Waals surface area contributed by atoms with E-state index in [1.807, 2.05) is 19.1 Å². The minimum absolute atomic E-state index is 0.325. The van der Waals surface area contributed by atoms with Crippen molar-refractivity contribution in [1.82, 2.24) is 9.88 Å². The summed E-state index contributed by atoms with van der Waals surface area (Å²) in [6, 6.07) is 19.2. The predicted molar refractivity (Wildman–Crippen MR) is 191 cm³/mol. The van der Waals surface area contributed by atoms with Crippen molar-refractivity contribution in [3.8, 4) is 17.0 Å². The van der Waals surface area contributed by atoms with Crippen molar-refractivity contribution in [3.05, 3.63) is 83.4 Å². The summed E-state index contributed by atoms with van der Waals surface area (Å²) in [4.78, 5) is 40.1. The molecule has 0 unspecified atom stereocenters. The van der Waals surface area contributed by atoms with E-state index in [2.05, 4.69) is 51.4 Å². The fraction of sp³-hybridized carbons (Fsp3) is 0.359. The maximum absolute atomic E-state index is 13.7. The van der Waals surface area contributed by atoms with Gasteiger partial charge in [-0.3, -0.25) is 9.59 Å². The number of ether oxygens (including phenoxy) is 1. The average molecular weight is 649 g/mol. The molecule has 4 aromatic rings. The second-order valence-corrected chi connectivity index (χ2v) is 13.3. The molecule has 9 nitrogen and oxygen atoms in total. The van der Waals surface area contributed by atoms with Crippen LogP contribution in [0.15, 0.2) is 66.7 Å². The summed E-state index contributed by atoms with van der Waals surface area (Å²) in [7, 11) is 2.13. The normalized spacial score (nSPS) is 15.1. The van der Waals surface area contributed by atoms with Crippen LogP contribution in [0.5, 0.6) is 5.75 Å². The standard InChI is InChI=1S/C39H44N4O5/c1-5-48-29-17-19-31-32(24-29)42(4)21-22-43-33-23-27(14-18-30(33)35(36(31)43)26-9-7-6-8-10-26)37(46)41-39(2,3)38(47)40-28-15-11-25(12-16-28)13-20-34(44)45/h11-20,23-24,26H,5-10,21-22H2,1-4H3,(H,40,47)(H,41,46)(H,44,45)/b20-13+. The first kappa shape index (κ1) is 32.9. The Hall–Kier alpha value is -5.05. The summed E-state index contributed by atoms with van der Waals surface area (Å²) < 4.78 is 8.28. The van der Waals surface area contributed by atoms with Gasteiger partial charge < -0.3 is 29.9 Å². The van der Waals surface area contributed by atoms with E-state index in [4.69, 9.17) is 9.84 Å². The number of carbonyl (C=O) groups is 3. The molecule has 3 aromatic carbocycles. The number of likely N-dealkylation sites (N-methyl/N-ethyl adjacent to an activating group) is 1. The maximum atomic E-state index is 13.7. The number of carboxylic acid groups (broad SMARTS) is 1. The summed E-state index contributed by atoms with van der Waals surface area (Å²) in [6.07, 6.45) is 8.55. The molecule has 1 aliphatic carbocycles. The molecule has 0 radical (unpaired) electrons. The molecule has 1 aromatic heterocycles. The highest BCUT2D eigenvalue weighted by Gasteiger charge is 2.32. The third-order valence-electron chi connectivity index (χ3n) is 9.57. The highest BCUT2D eigenvalue weighted by molar-refractivity contribution is 6.05. The number of carboxylic acids is 1. The molecule has 2 heterocycles. The lowest BCUT2D eigenvalue weighted by molar-refractivity contribution is -0.131. The molecule has 1 fully saturated rings. The van der Waals surface area contributed by atoms with Gasteiger partial charge >= 0.3 is 5.97 Å². The minimum Gasteiger partial charge on any atom is -0.494 e. The van der Waals surface area contributed by atoms with Crippen LogP contribution in [0.25, 0.3) is 28.2 Å². The van der Waals surface area contributed by atoms with Crippen LogP contribution in [-0.2, 0) is 16.1 Å². The first-order chi connectivity index (χ1) is 23.1. The summed E-state index contributed by atoms with van der Waals surface area (Å²) in [5, 5.41) is 15.8. The molecular weight excluding hydrogens is 604 g/mol. The number of rotatable bonds is 9. The first-order valence-electron chi connectivity index (χ1n) is 16.8. The number of hydrogen-bond donors (Lipinski definition) is 3. The molecule has 48 heavy (non-hydrogen) atoms. The largest absolute Gasteiger partial charge is 0.494 e.